The standard InChI is InChI=1S/C57H111N3O21P2/c1-4-7-10-13-16-19-22-25-28-32-43(62)39-47(63)59-50-53(67)52(66)46(80-56(50)74-37-38-77-83(72,73)76-36-31-35-58)42-75-57-51(54(68)55(45(41-61)79-57)81-82(69,70)71)60-48(64)40-44(33-29-26-23-20-17-14-11-8-5-2)78-49(65)34-30-27-24-21-18-15-12-9-6-3/h43-46,50-57,61-62,66-68H,4-42,58H2,1-3H3,(H,59,63)(H,60,64)(H,72,73)(H2,69,70,71)/t43-,44-,45-,46-,50-,51-,52-,53-,54-,55-,56+,57-/m1/s1. The molecule has 0 aromatic heterocycles. The fourth-order valence-corrected chi connectivity index (χ4v) is 11.6. The Morgan fingerprint density at radius 1 is 0.554 bits per heavy atom. The Kier molecular flexibility index (Phi) is 43.2. The SMILES string of the molecule is CCCCCCCCCCCC(=O)O[C@H](CCCCCCCCCCC)CC(=O)N[C@H]1[C@H](OC[C@H]2O[C@H](OCCOP(=O)(O)OCCCN)[C@H](NC(=O)C[C@H](O)CCCCCCCCCCC)[C@@H](O)[C@@H]2O)O[C@H](CO)[C@@H](OP(=O)(O)O)[C@@H]1O. The van der Waals surface area contributed by atoms with Crippen molar-refractivity contribution in [3.63, 3.8) is 0 Å². The van der Waals surface area contributed by atoms with Crippen LogP contribution in [0.1, 0.15) is 233 Å². The lowest BCUT2D eigenvalue weighted by molar-refractivity contribution is -0.303. The Hall–Kier alpha value is -1.77. The number of hydrogen-bond donors (Lipinski definition) is 11. The highest BCUT2D eigenvalue weighted by molar-refractivity contribution is 7.47. The number of nitrogens with two attached hydrogens (primary N) is 1. The average Bonchev–Trinajstić information content (AvgIpc) is 2.75. The van der Waals surface area contributed by atoms with Crippen LogP contribution >= 0.6 is 15.6 Å². The summed E-state index contributed by atoms with van der Waals surface area (Å²) in [6.07, 6.45) is 12.6. The molecule has 0 aromatic rings. The summed E-state index contributed by atoms with van der Waals surface area (Å²) < 4.78 is 69.0. The number of esters is 1. The molecule has 0 spiro atoms. The van der Waals surface area contributed by atoms with E-state index in [1.807, 2.05) is 0 Å². The summed E-state index contributed by atoms with van der Waals surface area (Å²) in [5.41, 5.74) is 5.44. The van der Waals surface area contributed by atoms with Crippen molar-refractivity contribution in [1.29, 1.82) is 0 Å². The van der Waals surface area contributed by atoms with Crippen LogP contribution in [0.2, 0.25) is 0 Å². The van der Waals surface area contributed by atoms with E-state index < -0.39 is 133 Å². The molecule has 2 heterocycles. The fraction of sp³-hybridized carbons (Fsp3) is 0.947. The van der Waals surface area contributed by atoms with Crippen LogP contribution in [0, 0.1) is 0 Å². The van der Waals surface area contributed by atoms with Gasteiger partial charge in [-0.2, -0.15) is 0 Å². The second-order valence-electron chi connectivity index (χ2n) is 22.5. The van der Waals surface area contributed by atoms with Crippen LogP contribution < -0.4 is 16.4 Å². The summed E-state index contributed by atoms with van der Waals surface area (Å²) in [7, 11) is -9.92. The van der Waals surface area contributed by atoms with E-state index in [9.17, 15) is 63.7 Å². The van der Waals surface area contributed by atoms with Gasteiger partial charge in [0.25, 0.3) is 0 Å². The quantitative estimate of drug-likeness (QED) is 0.0162. The summed E-state index contributed by atoms with van der Waals surface area (Å²) in [5, 5.41) is 61.0. The molecule has 13 atom stereocenters. The number of aliphatic hydroxyl groups is 5. The Labute approximate surface area is 494 Å². The molecular weight excluding hydrogens is 1120 g/mol. The summed E-state index contributed by atoms with van der Waals surface area (Å²) >= 11 is 0. The van der Waals surface area contributed by atoms with Gasteiger partial charge in [0.1, 0.15) is 54.8 Å². The molecule has 12 N–H and O–H groups in total. The number of carbonyl (C=O) groups excluding carboxylic acids is 3. The largest absolute Gasteiger partial charge is 0.472 e. The molecule has 1 unspecified atom stereocenters. The van der Waals surface area contributed by atoms with Gasteiger partial charge < -0.3 is 80.3 Å². The molecule has 2 amide bonds. The van der Waals surface area contributed by atoms with Gasteiger partial charge in [0.05, 0.1) is 52.0 Å². The normalized spacial score (nSPS) is 24.5. The van der Waals surface area contributed by atoms with Crippen molar-refractivity contribution < 1.29 is 101 Å². The van der Waals surface area contributed by atoms with Crippen molar-refractivity contribution in [2.45, 2.75) is 306 Å². The van der Waals surface area contributed by atoms with Crippen molar-refractivity contribution in [1.82, 2.24) is 10.6 Å². The highest BCUT2D eigenvalue weighted by Gasteiger charge is 2.51. The van der Waals surface area contributed by atoms with E-state index in [0.717, 1.165) is 89.9 Å². The van der Waals surface area contributed by atoms with Gasteiger partial charge in [-0.15, -0.1) is 0 Å². The molecule has 2 saturated heterocycles. The van der Waals surface area contributed by atoms with Crippen LogP contribution in [0.15, 0.2) is 0 Å². The molecule has 24 nitrogen and oxygen atoms in total. The van der Waals surface area contributed by atoms with Crippen LogP contribution in [-0.2, 0) is 60.8 Å². The third kappa shape index (κ3) is 35.7. The number of phosphoric ester groups is 2. The lowest BCUT2D eigenvalue weighted by Gasteiger charge is -2.45. The summed E-state index contributed by atoms with van der Waals surface area (Å²) in [6, 6.07) is -3.19. The molecule has 0 saturated carbocycles. The van der Waals surface area contributed by atoms with Gasteiger partial charge in [-0.3, -0.25) is 28.0 Å². The van der Waals surface area contributed by atoms with Gasteiger partial charge in [-0.05, 0) is 38.6 Å². The van der Waals surface area contributed by atoms with Crippen LogP contribution in [0.3, 0.4) is 0 Å². The average molecular weight is 1240 g/mol. The topological polar surface area (TPSA) is 371 Å². The third-order valence-electron chi connectivity index (χ3n) is 15.0. The first-order valence-electron chi connectivity index (χ1n) is 31.5. The summed E-state index contributed by atoms with van der Waals surface area (Å²) in [6.45, 7) is 3.81. The van der Waals surface area contributed by atoms with E-state index in [1.165, 1.54) is 64.2 Å². The molecule has 2 aliphatic rings. The van der Waals surface area contributed by atoms with E-state index in [4.69, 9.17) is 43.0 Å². The van der Waals surface area contributed by atoms with Gasteiger partial charge in [0.2, 0.25) is 11.8 Å². The second kappa shape index (κ2) is 46.4. The predicted octanol–water partition coefficient (Wildman–Crippen LogP) is 7.29. The lowest BCUT2D eigenvalue weighted by Crippen LogP contribution is -2.67. The Balaban J connectivity index is 2.29. The van der Waals surface area contributed by atoms with Crippen molar-refractivity contribution in [2.24, 2.45) is 5.73 Å². The highest BCUT2D eigenvalue weighted by atomic mass is 31.2. The van der Waals surface area contributed by atoms with E-state index in [0.29, 0.717) is 32.1 Å². The highest BCUT2D eigenvalue weighted by Crippen LogP contribution is 2.43. The number of rotatable bonds is 52. The minimum atomic E-state index is -5.37. The van der Waals surface area contributed by atoms with Gasteiger partial charge >= 0.3 is 21.6 Å². The number of aliphatic hydroxyl groups excluding tert-OH is 5. The van der Waals surface area contributed by atoms with Crippen LogP contribution in [0.4, 0.5) is 0 Å². The molecular formula is C57H111N3O21P2. The van der Waals surface area contributed by atoms with E-state index in [2.05, 4.69) is 31.4 Å². The number of ether oxygens (including phenoxy) is 5. The van der Waals surface area contributed by atoms with Crippen molar-refractivity contribution >= 4 is 33.4 Å². The zero-order valence-corrected chi connectivity index (χ0v) is 52.2. The number of unbranched alkanes of at least 4 members (excludes halogenated alkanes) is 24. The Morgan fingerprint density at radius 2 is 1.01 bits per heavy atom. The van der Waals surface area contributed by atoms with Crippen LogP contribution in [-0.4, -0.2) is 171 Å². The number of amides is 2. The maximum atomic E-state index is 14.0. The van der Waals surface area contributed by atoms with Gasteiger partial charge in [-0.1, -0.05) is 181 Å². The van der Waals surface area contributed by atoms with Crippen molar-refractivity contribution in [3.05, 3.63) is 0 Å². The van der Waals surface area contributed by atoms with Crippen LogP contribution in [0.5, 0.6) is 0 Å². The maximum absolute atomic E-state index is 14.0. The van der Waals surface area contributed by atoms with Gasteiger partial charge in [0.15, 0.2) is 12.6 Å². The van der Waals surface area contributed by atoms with Gasteiger partial charge in [0, 0.05) is 6.42 Å². The van der Waals surface area contributed by atoms with Crippen molar-refractivity contribution in [3.8, 4) is 0 Å². The molecule has 0 radical (unpaired) electrons. The predicted molar refractivity (Wildman–Crippen MR) is 311 cm³/mol. The van der Waals surface area contributed by atoms with E-state index >= 15 is 0 Å². The molecule has 490 valence electrons. The third-order valence-corrected chi connectivity index (χ3v) is 16.5. The van der Waals surface area contributed by atoms with Crippen LogP contribution in [0.25, 0.3) is 0 Å². The summed E-state index contributed by atoms with van der Waals surface area (Å²) in [5.74, 6) is -1.94. The Morgan fingerprint density at radius 3 is 1.53 bits per heavy atom. The zero-order chi connectivity index (χ0) is 61.3. The molecule has 0 aliphatic carbocycles. The zero-order valence-electron chi connectivity index (χ0n) is 50.4. The molecule has 2 aliphatic heterocycles. The lowest BCUT2D eigenvalue weighted by atomic mass is 9.95. The number of carbonyl (C=O) groups is 3. The van der Waals surface area contributed by atoms with Crippen molar-refractivity contribution in [2.75, 3.05) is 39.6 Å². The monoisotopic (exact) mass is 1240 g/mol. The minimum absolute atomic E-state index is 0.162. The molecule has 0 aromatic carbocycles. The van der Waals surface area contributed by atoms with E-state index in [-0.39, 0.29) is 38.8 Å². The number of nitrogens with one attached hydrogen (secondary N) is 2. The summed E-state index contributed by atoms with van der Waals surface area (Å²) in [4.78, 5) is 70.3. The van der Waals surface area contributed by atoms with Gasteiger partial charge in [-0.25, -0.2) is 9.13 Å². The first-order valence-corrected chi connectivity index (χ1v) is 34.5. The molecule has 2 rings (SSSR count). The smallest absolute Gasteiger partial charge is 0.462 e. The minimum Gasteiger partial charge on any atom is -0.462 e. The molecule has 0 bridgehead atoms. The number of phosphoric acid groups is 2. The molecule has 2 fully saturated rings. The second-order valence-corrected chi connectivity index (χ2v) is 25.1. The first kappa shape index (κ1) is 77.3. The molecule has 83 heavy (non-hydrogen) atoms. The molecule has 26 heteroatoms. The Bertz CT molecular complexity index is 1780. The van der Waals surface area contributed by atoms with E-state index in [1.54, 1.807) is 0 Å². The maximum Gasteiger partial charge on any atom is 0.472 e. The number of hydrogen-bond acceptors (Lipinski definition) is 19. The first-order chi connectivity index (χ1) is 39.8. The fourth-order valence-electron chi connectivity index (χ4n) is 10.2.